The number of amides is 2. The molecule has 1 heterocycles. The average molecular weight is 300 g/mol. The molecule has 4 nitrogen and oxygen atoms in total. The van der Waals surface area contributed by atoms with E-state index in [1.807, 2.05) is 42.5 Å². The zero-order valence-electron chi connectivity index (χ0n) is 11.5. The van der Waals surface area contributed by atoms with Crippen LogP contribution in [0.25, 0.3) is 10.8 Å². The number of carbonyl (C=O) groups is 2. The highest BCUT2D eigenvalue weighted by Gasteiger charge is 2.25. The van der Waals surface area contributed by atoms with Crippen LogP contribution in [0.3, 0.4) is 0 Å². The lowest BCUT2D eigenvalue weighted by atomic mass is 10.1. The SMILES string of the molecule is O=C(CC1SCCNC1=O)Nc1ccc2ccccc2c1. The van der Waals surface area contributed by atoms with Gasteiger partial charge < -0.3 is 10.6 Å². The van der Waals surface area contributed by atoms with Crippen LogP contribution in [0.15, 0.2) is 42.5 Å². The maximum absolute atomic E-state index is 12.1. The molecule has 3 rings (SSSR count). The van der Waals surface area contributed by atoms with Crippen LogP contribution in [0, 0.1) is 0 Å². The quantitative estimate of drug-likeness (QED) is 0.915. The molecule has 2 amide bonds. The third-order valence-corrected chi connectivity index (χ3v) is 4.64. The lowest BCUT2D eigenvalue weighted by molar-refractivity contribution is -0.123. The fourth-order valence-electron chi connectivity index (χ4n) is 2.36. The van der Waals surface area contributed by atoms with E-state index >= 15 is 0 Å². The Morgan fingerprint density at radius 3 is 2.86 bits per heavy atom. The molecule has 0 aromatic heterocycles. The van der Waals surface area contributed by atoms with Crippen molar-refractivity contribution in [1.29, 1.82) is 0 Å². The summed E-state index contributed by atoms with van der Waals surface area (Å²) in [7, 11) is 0. The van der Waals surface area contributed by atoms with Crippen LogP contribution in [-0.4, -0.2) is 29.4 Å². The molecule has 108 valence electrons. The Morgan fingerprint density at radius 2 is 2.05 bits per heavy atom. The minimum atomic E-state index is -0.279. The standard InChI is InChI=1S/C16H16N2O2S/c19-15(10-14-16(20)17-7-8-21-14)18-13-6-5-11-3-1-2-4-12(11)9-13/h1-6,9,14H,7-8,10H2,(H,17,20)(H,18,19). The molecular weight excluding hydrogens is 284 g/mol. The summed E-state index contributed by atoms with van der Waals surface area (Å²) in [6, 6.07) is 13.8. The van der Waals surface area contributed by atoms with Gasteiger partial charge in [-0.3, -0.25) is 9.59 Å². The van der Waals surface area contributed by atoms with Crippen molar-refractivity contribution in [2.75, 3.05) is 17.6 Å². The van der Waals surface area contributed by atoms with Crippen molar-refractivity contribution in [2.45, 2.75) is 11.7 Å². The number of thioether (sulfide) groups is 1. The van der Waals surface area contributed by atoms with Crippen LogP contribution in [0.1, 0.15) is 6.42 Å². The van der Waals surface area contributed by atoms with Gasteiger partial charge in [0.25, 0.3) is 0 Å². The molecule has 21 heavy (non-hydrogen) atoms. The Balaban J connectivity index is 1.66. The third kappa shape index (κ3) is 3.36. The number of fused-ring (bicyclic) bond motifs is 1. The first-order chi connectivity index (χ1) is 10.2. The van der Waals surface area contributed by atoms with Gasteiger partial charge in [0.05, 0.1) is 5.25 Å². The number of anilines is 1. The molecule has 0 spiro atoms. The molecule has 2 aromatic rings. The van der Waals surface area contributed by atoms with Gasteiger partial charge in [0.15, 0.2) is 0 Å². The average Bonchev–Trinajstić information content (AvgIpc) is 2.49. The van der Waals surface area contributed by atoms with E-state index in [1.54, 1.807) is 0 Å². The fraction of sp³-hybridized carbons (Fsp3) is 0.250. The summed E-state index contributed by atoms with van der Waals surface area (Å²) >= 11 is 1.54. The number of hydrogen-bond acceptors (Lipinski definition) is 3. The monoisotopic (exact) mass is 300 g/mol. The smallest absolute Gasteiger partial charge is 0.233 e. The minimum Gasteiger partial charge on any atom is -0.354 e. The van der Waals surface area contributed by atoms with Crippen LogP contribution in [0.2, 0.25) is 0 Å². The Labute approximate surface area is 127 Å². The van der Waals surface area contributed by atoms with Crippen LogP contribution >= 0.6 is 11.8 Å². The topological polar surface area (TPSA) is 58.2 Å². The number of rotatable bonds is 3. The van der Waals surface area contributed by atoms with Crippen molar-refractivity contribution in [3.63, 3.8) is 0 Å². The summed E-state index contributed by atoms with van der Waals surface area (Å²) < 4.78 is 0. The van der Waals surface area contributed by atoms with E-state index in [0.29, 0.717) is 6.54 Å². The Bertz CT molecular complexity index is 687. The summed E-state index contributed by atoms with van der Waals surface area (Å²) in [6.07, 6.45) is 0.212. The van der Waals surface area contributed by atoms with Gasteiger partial charge in [0.1, 0.15) is 0 Å². The lowest BCUT2D eigenvalue weighted by Gasteiger charge is -2.20. The molecule has 0 bridgehead atoms. The van der Waals surface area contributed by atoms with Gasteiger partial charge in [-0.25, -0.2) is 0 Å². The molecule has 1 fully saturated rings. The Kier molecular flexibility index (Phi) is 4.10. The van der Waals surface area contributed by atoms with Gasteiger partial charge in [-0.05, 0) is 22.9 Å². The molecule has 1 aliphatic rings. The third-order valence-electron chi connectivity index (χ3n) is 3.42. The summed E-state index contributed by atoms with van der Waals surface area (Å²) in [5, 5.41) is 7.60. The molecule has 5 heteroatoms. The molecule has 2 aromatic carbocycles. The largest absolute Gasteiger partial charge is 0.354 e. The predicted octanol–water partition coefficient (Wildman–Crippen LogP) is 2.40. The van der Waals surface area contributed by atoms with E-state index in [-0.39, 0.29) is 23.5 Å². The van der Waals surface area contributed by atoms with Crippen molar-refractivity contribution in [2.24, 2.45) is 0 Å². The number of hydrogen-bond donors (Lipinski definition) is 2. The summed E-state index contributed by atoms with van der Waals surface area (Å²) in [5.74, 6) is 0.694. The normalized spacial score (nSPS) is 18.3. The van der Waals surface area contributed by atoms with Crippen molar-refractivity contribution in [3.05, 3.63) is 42.5 Å². The Morgan fingerprint density at radius 1 is 1.24 bits per heavy atom. The Hall–Kier alpha value is -2.01. The zero-order valence-corrected chi connectivity index (χ0v) is 12.3. The summed E-state index contributed by atoms with van der Waals surface area (Å²) in [6.45, 7) is 0.687. The van der Waals surface area contributed by atoms with Crippen LogP contribution in [0.5, 0.6) is 0 Å². The second-order valence-corrected chi connectivity index (χ2v) is 6.28. The van der Waals surface area contributed by atoms with Gasteiger partial charge >= 0.3 is 0 Å². The van der Waals surface area contributed by atoms with Gasteiger partial charge in [0, 0.05) is 24.4 Å². The highest BCUT2D eigenvalue weighted by molar-refractivity contribution is 8.00. The lowest BCUT2D eigenvalue weighted by Crippen LogP contribution is -2.40. The maximum atomic E-state index is 12.1. The summed E-state index contributed by atoms with van der Waals surface area (Å²) in [4.78, 5) is 23.7. The minimum absolute atomic E-state index is 0.0417. The number of nitrogens with one attached hydrogen (secondary N) is 2. The molecule has 2 N–H and O–H groups in total. The van der Waals surface area contributed by atoms with Gasteiger partial charge in [-0.2, -0.15) is 0 Å². The van der Waals surface area contributed by atoms with E-state index in [0.717, 1.165) is 22.2 Å². The molecule has 0 aliphatic carbocycles. The zero-order chi connectivity index (χ0) is 14.7. The molecule has 0 saturated carbocycles. The van der Waals surface area contributed by atoms with E-state index in [2.05, 4.69) is 10.6 Å². The van der Waals surface area contributed by atoms with Crippen LogP contribution in [0.4, 0.5) is 5.69 Å². The highest BCUT2D eigenvalue weighted by atomic mass is 32.2. The van der Waals surface area contributed by atoms with Crippen molar-refractivity contribution < 1.29 is 9.59 Å². The van der Waals surface area contributed by atoms with Gasteiger partial charge in [-0.1, -0.05) is 30.3 Å². The van der Waals surface area contributed by atoms with Crippen LogP contribution in [-0.2, 0) is 9.59 Å². The molecule has 1 saturated heterocycles. The van der Waals surface area contributed by atoms with Gasteiger partial charge in [0.2, 0.25) is 11.8 Å². The highest BCUT2D eigenvalue weighted by Crippen LogP contribution is 2.21. The number of carbonyl (C=O) groups excluding carboxylic acids is 2. The van der Waals surface area contributed by atoms with Crippen molar-refractivity contribution in [1.82, 2.24) is 5.32 Å². The molecule has 1 atom stereocenters. The first kappa shape index (κ1) is 13.9. The van der Waals surface area contributed by atoms with E-state index < -0.39 is 0 Å². The van der Waals surface area contributed by atoms with Crippen molar-refractivity contribution in [3.8, 4) is 0 Å². The van der Waals surface area contributed by atoms with E-state index in [1.165, 1.54) is 11.8 Å². The first-order valence-electron chi connectivity index (χ1n) is 6.90. The molecule has 1 unspecified atom stereocenters. The molecule has 0 radical (unpaired) electrons. The maximum Gasteiger partial charge on any atom is 0.233 e. The number of benzene rings is 2. The predicted molar refractivity (Wildman–Crippen MR) is 86.5 cm³/mol. The van der Waals surface area contributed by atoms with E-state index in [4.69, 9.17) is 0 Å². The van der Waals surface area contributed by atoms with Crippen molar-refractivity contribution >= 4 is 40.0 Å². The first-order valence-corrected chi connectivity index (χ1v) is 7.95. The van der Waals surface area contributed by atoms with Crippen LogP contribution < -0.4 is 10.6 Å². The second-order valence-electron chi connectivity index (χ2n) is 4.96. The summed E-state index contributed by atoms with van der Waals surface area (Å²) in [5.41, 5.74) is 0.764. The fourth-order valence-corrected chi connectivity index (χ4v) is 3.37. The van der Waals surface area contributed by atoms with Gasteiger partial charge in [-0.15, -0.1) is 11.8 Å². The molecule has 1 aliphatic heterocycles. The van der Waals surface area contributed by atoms with E-state index in [9.17, 15) is 9.59 Å². The second kappa shape index (κ2) is 6.18. The molecular formula is C16H16N2O2S.